The summed E-state index contributed by atoms with van der Waals surface area (Å²) in [7, 11) is 0. The lowest BCUT2D eigenvalue weighted by molar-refractivity contribution is -0.145. The van der Waals surface area contributed by atoms with Crippen molar-refractivity contribution in [3.8, 4) is 0 Å². The zero-order valence-electron chi connectivity index (χ0n) is 16.3. The lowest BCUT2D eigenvalue weighted by atomic mass is 9.97. The average molecular weight is 405 g/mol. The lowest BCUT2D eigenvalue weighted by Crippen LogP contribution is -2.41. The number of rotatable bonds is 9. The first-order chi connectivity index (χ1) is 13.5. The molecule has 2 N–H and O–H groups in total. The molecule has 1 aliphatic carbocycles. The van der Waals surface area contributed by atoms with Gasteiger partial charge < -0.3 is 10.1 Å². The van der Waals surface area contributed by atoms with Crippen molar-refractivity contribution in [1.82, 2.24) is 10.6 Å². The van der Waals surface area contributed by atoms with Crippen LogP contribution >= 0.6 is 11.8 Å². The molecule has 7 heteroatoms. The number of hydrogen-bond acceptors (Lipinski definition) is 5. The van der Waals surface area contributed by atoms with E-state index in [9.17, 15) is 14.4 Å². The van der Waals surface area contributed by atoms with Crippen LogP contribution in [0.1, 0.15) is 43.2 Å². The van der Waals surface area contributed by atoms with Gasteiger partial charge in [-0.3, -0.25) is 14.9 Å². The average Bonchev–Trinajstić information content (AvgIpc) is 2.69. The SMILES string of the molecule is Cc1ccc(CSCC(=O)OCC(=O)NC(=O)NCCC2=CCCCC2)cc1. The molecule has 0 aliphatic heterocycles. The highest BCUT2D eigenvalue weighted by molar-refractivity contribution is 7.99. The molecule has 0 heterocycles. The molecule has 1 aromatic carbocycles. The van der Waals surface area contributed by atoms with E-state index < -0.39 is 24.5 Å². The Morgan fingerprint density at radius 1 is 1.14 bits per heavy atom. The highest BCUT2D eigenvalue weighted by atomic mass is 32.2. The third-order valence-corrected chi connectivity index (χ3v) is 5.32. The molecule has 6 nitrogen and oxygen atoms in total. The van der Waals surface area contributed by atoms with E-state index in [1.54, 1.807) is 0 Å². The summed E-state index contributed by atoms with van der Waals surface area (Å²) in [6.07, 6.45) is 7.65. The van der Waals surface area contributed by atoms with Crippen LogP contribution in [0.15, 0.2) is 35.9 Å². The molecule has 0 saturated heterocycles. The molecule has 0 aromatic heterocycles. The minimum atomic E-state index is -0.633. The second-order valence-electron chi connectivity index (χ2n) is 6.80. The Hall–Kier alpha value is -2.28. The van der Waals surface area contributed by atoms with Gasteiger partial charge in [0.15, 0.2) is 6.61 Å². The van der Waals surface area contributed by atoms with E-state index in [2.05, 4.69) is 16.7 Å². The molecule has 3 amide bonds. The van der Waals surface area contributed by atoms with Gasteiger partial charge >= 0.3 is 12.0 Å². The number of hydrogen-bond donors (Lipinski definition) is 2. The smallest absolute Gasteiger partial charge is 0.321 e. The fourth-order valence-corrected chi connectivity index (χ4v) is 3.58. The Kier molecular flexibility index (Phi) is 9.62. The first-order valence-electron chi connectivity index (χ1n) is 9.57. The van der Waals surface area contributed by atoms with E-state index in [0.29, 0.717) is 12.3 Å². The number of carbonyl (C=O) groups excluding carboxylic acids is 3. The molecule has 0 fully saturated rings. The van der Waals surface area contributed by atoms with Crippen LogP contribution in [0.25, 0.3) is 0 Å². The summed E-state index contributed by atoms with van der Waals surface area (Å²) in [6, 6.07) is 7.52. The van der Waals surface area contributed by atoms with Gasteiger partial charge in [0.05, 0.1) is 5.75 Å². The molecule has 0 bridgehead atoms. The van der Waals surface area contributed by atoms with Crippen molar-refractivity contribution in [3.63, 3.8) is 0 Å². The van der Waals surface area contributed by atoms with Crippen LogP contribution in [-0.2, 0) is 20.1 Å². The van der Waals surface area contributed by atoms with Crippen LogP contribution in [0.5, 0.6) is 0 Å². The van der Waals surface area contributed by atoms with Crippen LogP contribution in [0, 0.1) is 6.92 Å². The number of ether oxygens (including phenoxy) is 1. The van der Waals surface area contributed by atoms with Crippen molar-refractivity contribution < 1.29 is 19.1 Å². The predicted molar refractivity (Wildman–Crippen MR) is 111 cm³/mol. The molecule has 1 aliphatic rings. The standard InChI is InChI=1S/C21H28N2O4S/c1-16-7-9-18(10-8-16)14-28-15-20(25)27-13-19(24)23-21(26)22-12-11-17-5-3-2-4-6-17/h5,7-10H,2-4,6,11-15H2,1H3,(H2,22,23,24,26). The number of aryl methyl sites for hydroxylation is 1. The maximum absolute atomic E-state index is 11.7. The Bertz CT molecular complexity index is 701. The summed E-state index contributed by atoms with van der Waals surface area (Å²) in [6.45, 7) is 2.05. The number of nitrogens with one attached hydrogen (secondary N) is 2. The minimum absolute atomic E-state index is 0.155. The predicted octanol–water partition coefficient (Wildman–Crippen LogP) is 3.49. The molecule has 2 rings (SSSR count). The maximum Gasteiger partial charge on any atom is 0.321 e. The highest BCUT2D eigenvalue weighted by Crippen LogP contribution is 2.19. The molecular weight excluding hydrogens is 376 g/mol. The number of allylic oxidation sites excluding steroid dienone is 1. The number of urea groups is 1. The first kappa shape index (κ1) is 22.0. The zero-order valence-corrected chi connectivity index (χ0v) is 17.1. The number of imide groups is 1. The lowest BCUT2D eigenvalue weighted by Gasteiger charge is -2.13. The molecule has 28 heavy (non-hydrogen) atoms. The van der Waals surface area contributed by atoms with Gasteiger partial charge in [0.2, 0.25) is 0 Å². The van der Waals surface area contributed by atoms with Crippen LogP contribution in [0.2, 0.25) is 0 Å². The second kappa shape index (κ2) is 12.2. The topological polar surface area (TPSA) is 84.5 Å². The van der Waals surface area contributed by atoms with Gasteiger partial charge in [0.25, 0.3) is 5.91 Å². The number of benzene rings is 1. The van der Waals surface area contributed by atoms with Crippen LogP contribution in [0.3, 0.4) is 0 Å². The van der Waals surface area contributed by atoms with E-state index in [1.165, 1.54) is 35.7 Å². The van der Waals surface area contributed by atoms with Crippen LogP contribution < -0.4 is 10.6 Å². The molecule has 0 saturated carbocycles. The van der Waals surface area contributed by atoms with Crippen LogP contribution in [-0.4, -0.2) is 36.8 Å². The third-order valence-electron chi connectivity index (χ3n) is 4.34. The Morgan fingerprint density at radius 3 is 2.64 bits per heavy atom. The van der Waals surface area contributed by atoms with Crippen molar-refractivity contribution in [2.24, 2.45) is 0 Å². The Labute approximate surface area is 170 Å². The summed E-state index contributed by atoms with van der Waals surface area (Å²) in [5.74, 6) is -0.258. The monoisotopic (exact) mass is 404 g/mol. The van der Waals surface area contributed by atoms with Crippen molar-refractivity contribution in [2.75, 3.05) is 18.9 Å². The quantitative estimate of drug-likeness (QED) is 0.486. The number of amides is 3. The summed E-state index contributed by atoms with van der Waals surface area (Å²) in [5.41, 5.74) is 3.67. The van der Waals surface area contributed by atoms with Crippen molar-refractivity contribution in [1.29, 1.82) is 0 Å². The van der Waals surface area contributed by atoms with Crippen molar-refractivity contribution in [3.05, 3.63) is 47.0 Å². The van der Waals surface area contributed by atoms with Crippen molar-refractivity contribution >= 4 is 29.7 Å². The van der Waals surface area contributed by atoms with Gasteiger partial charge in [-0.05, 0) is 44.6 Å². The van der Waals surface area contributed by atoms with E-state index in [-0.39, 0.29) is 5.75 Å². The molecule has 0 spiro atoms. The molecule has 0 radical (unpaired) electrons. The summed E-state index contributed by atoms with van der Waals surface area (Å²) in [4.78, 5) is 35.1. The molecule has 0 unspecified atom stereocenters. The molecule has 1 aromatic rings. The van der Waals surface area contributed by atoms with E-state index in [0.717, 1.165) is 24.8 Å². The van der Waals surface area contributed by atoms with Gasteiger partial charge in [0.1, 0.15) is 0 Å². The zero-order chi connectivity index (χ0) is 20.2. The first-order valence-corrected chi connectivity index (χ1v) is 10.7. The van der Waals surface area contributed by atoms with Gasteiger partial charge in [-0.15, -0.1) is 11.8 Å². The normalized spacial score (nSPS) is 13.4. The molecule has 152 valence electrons. The second-order valence-corrected chi connectivity index (χ2v) is 7.79. The van der Waals surface area contributed by atoms with E-state index >= 15 is 0 Å². The summed E-state index contributed by atoms with van der Waals surface area (Å²) < 4.78 is 4.90. The number of thioether (sulfide) groups is 1. The van der Waals surface area contributed by atoms with Gasteiger partial charge in [-0.25, -0.2) is 4.79 Å². The Morgan fingerprint density at radius 2 is 1.93 bits per heavy atom. The fraction of sp³-hybridized carbons (Fsp3) is 0.476. The Balaban J connectivity index is 1.53. The van der Waals surface area contributed by atoms with Crippen molar-refractivity contribution in [2.45, 2.75) is 44.8 Å². The molecule has 0 atom stereocenters. The maximum atomic E-state index is 11.7. The fourth-order valence-electron chi connectivity index (χ4n) is 2.80. The van der Waals surface area contributed by atoms with Gasteiger partial charge in [-0.2, -0.15) is 0 Å². The molecular formula is C21H28N2O4S. The van der Waals surface area contributed by atoms with Gasteiger partial charge in [-0.1, -0.05) is 41.5 Å². The van der Waals surface area contributed by atoms with Gasteiger partial charge in [0, 0.05) is 12.3 Å². The summed E-state index contributed by atoms with van der Waals surface area (Å²) in [5, 5.41) is 4.82. The van der Waals surface area contributed by atoms with Crippen LogP contribution in [0.4, 0.5) is 4.79 Å². The van der Waals surface area contributed by atoms with E-state index in [1.807, 2.05) is 31.2 Å². The summed E-state index contributed by atoms with van der Waals surface area (Å²) >= 11 is 1.42. The minimum Gasteiger partial charge on any atom is -0.455 e. The third kappa shape index (κ3) is 9.08. The number of esters is 1. The highest BCUT2D eigenvalue weighted by Gasteiger charge is 2.11. The number of carbonyl (C=O) groups is 3. The van der Waals surface area contributed by atoms with E-state index in [4.69, 9.17) is 4.74 Å². The largest absolute Gasteiger partial charge is 0.455 e.